The number of nitrogens with two attached hydrogens (primary N) is 1. The third-order valence-electron chi connectivity index (χ3n) is 3.22. The van der Waals surface area contributed by atoms with Crippen LogP contribution in [0.2, 0.25) is 5.02 Å². The lowest BCUT2D eigenvalue weighted by Gasteiger charge is -2.20. The van der Waals surface area contributed by atoms with Gasteiger partial charge in [-0.3, -0.25) is 4.79 Å². The molecule has 1 amide bonds. The number of nitrogens with zero attached hydrogens (tertiary/aromatic N) is 2. The number of carbonyl (C=O) groups excluding carboxylic acids is 1. The van der Waals surface area contributed by atoms with Crippen LogP contribution >= 0.6 is 11.6 Å². The largest absolute Gasteiger partial charge is 0.493 e. The number of hydrogen-bond acceptors (Lipinski definition) is 5. The minimum atomic E-state index is -0.562. The van der Waals surface area contributed by atoms with Gasteiger partial charge < -0.3 is 20.1 Å². The predicted octanol–water partition coefficient (Wildman–Crippen LogP) is 2.36. The van der Waals surface area contributed by atoms with E-state index in [1.165, 1.54) is 12.3 Å². The van der Waals surface area contributed by atoms with E-state index in [1.807, 2.05) is 36.2 Å². The Morgan fingerprint density at radius 2 is 2.04 bits per heavy atom. The van der Waals surface area contributed by atoms with Gasteiger partial charge in [0.25, 0.3) is 0 Å². The standard InChI is InChI=1S/C16H18ClN3O3/c1-20(16-12(17)9-11(10-19-16)15(18)21)7-8-23-14-6-4-3-5-13(14)22-2/h3-6,9-10H,7-8H2,1-2H3,(H2,18,21). The zero-order chi connectivity index (χ0) is 16.8. The number of ether oxygens (including phenoxy) is 2. The van der Waals surface area contributed by atoms with Crippen molar-refractivity contribution in [2.75, 3.05) is 32.2 Å². The number of primary amides is 1. The number of amides is 1. The quantitative estimate of drug-likeness (QED) is 0.840. The number of carbonyl (C=O) groups is 1. The molecule has 23 heavy (non-hydrogen) atoms. The average molecular weight is 336 g/mol. The molecule has 2 rings (SSSR count). The van der Waals surface area contributed by atoms with E-state index in [4.69, 9.17) is 26.8 Å². The van der Waals surface area contributed by atoms with Gasteiger partial charge in [0.15, 0.2) is 11.5 Å². The van der Waals surface area contributed by atoms with Crippen LogP contribution in [0.25, 0.3) is 0 Å². The van der Waals surface area contributed by atoms with Gasteiger partial charge in [0.1, 0.15) is 12.4 Å². The third kappa shape index (κ3) is 4.26. The topological polar surface area (TPSA) is 77.7 Å². The maximum Gasteiger partial charge on any atom is 0.250 e. The first-order chi connectivity index (χ1) is 11.0. The van der Waals surface area contributed by atoms with Crippen LogP contribution in [-0.2, 0) is 0 Å². The van der Waals surface area contributed by atoms with Gasteiger partial charge in [-0.1, -0.05) is 23.7 Å². The molecule has 0 unspecified atom stereocenters. The van der Waals surface area contributed by atoms with Gasteiger partial charge in [0, 0.05) is 13.2 Å². The lowest BCUT2D eigenvalue weighted by molar-refractivity contribution is 0.1000. The summed E-state index contributed by atoms with van der Waals surface area (Å²) in [4.78, 5) is 17.1. The number of pyridine rings is 1. The number of rotatable bonds is 7. The average Bonchev–Trinajstić information content (AvgIpc) is 2.54. The summed E-state index contributed by atoms with van der Waals surface area (Å²) < 4.78 is 10.9. The van der Waals surface area contributed by atoms with Gasteiger partial charge in [-0.2, -0.15) is 0 Å². The van der Waals surface area contributed by atoms with Crippen LogP contribution in [0.3, 0.4) is 0 Å². The van der Waals surface area contributed by atoms with Crippen molar-refractivity contribution in [1.82, 2.24) is 4.98 Å². The Kier molecular flexibility index (Phi) is 5.65. The van der Waals surface area contributed by atoms with Crippen molar-refractivity contribution in [3.05, 3.63) is 47.1 Å². The molecule has 0 atom stereocenters. The molecule has 7 heteroatoms. The lowest BCUT2D eigenvalue weighted by atomic mass is 10.2. The van der Waals surface area contributed by atoms with E-state index < -0.39 is 5.91 Å². The number of anilines is 1. The zero-order valence-electron chi connectivity index (χ0n) is 13.0. The van der Waals surface area contributed by atoms with E-state index in [0.29, 0.717) is 35.5 Å². The fourth-order valence-corrected chi connectivity index (χ4v) is 2.29. The van der Waals surface area contributed by atoms with Gasteiger partial charge in [-0.05, 0) is 18.2 Å². The molecular weight excluding hydrogens is 318 g/mol. The molecule has 0 saturated carbocycles. The molecule has 1 heterocycles. The molecule has 2 aromatic rings. The van der Waals surface area contributed by atoms with E-state index >= 15 is 0 Å². The predicted molar refractivity (Wildman–Crippen MR) is 89.5 cm³/mol. The summed E-state index contributed by atoms with van der Waals surface area (Å²) in [6, 6.07) is 8.93. The SMILES string of the molecule is COc1ccccc1OCCN(C)c1ncc(C(N)=O)cc1Cl. The number of hydrogen-bond donors (Lipinski definition) is 1. The number of halogens is 1. The van der Waals surface area contributed by atoms with E-state index in [-0.39, 0.29) is 5.56 Å². The first-order valence-electron chi connectivity index (χ1n) is 6.95. The van der Waals surface area contributed by atoms with Crippen molar-refractivity contribution >= 4 is 23.3 Å². The highest BCUT2D eigenvalue weighted by molar-refractivity contribution is 6.33. The highest BCUT2D eigenvalue weighted by atomic mass is 35.5. The zero-order valence-corrected chi connectivity index (χ0v) is 13.7. The van der Waals surface area contributed by atoms with E-state index in [1.54, 1.807) is 7.11 Å². The molecular formula is C16H18ClN3O3. The second-order valence-electron chi connectivity index (χ2n) is 4.81. The molecule has 0 aliphatic heterocycles. The van der Waals surface area contributed by atoms with Crippen LogP contribution in [0.1, 0.15) is 10.4 Å². The third-order valence-corrected chi connectivity index (χ3v) is 3.50. The molecule has 0 aliphatic rings. The fraction of sp³-hybridized carbons (Fsp3) is 0.250. The Balaban J connectivity index is 1.97. The Hall–Kier alpha value is -2.47. The molecule has 2 N–H and O–H groups in total. The Morgan fingerprint density at radius 1 is 1.35 bits per heavy atom. The van der Waals surface area contributed by atoms with E-state index in [0.717, 1.165) is 0 Å². The van der Waals surface area contributed by atoms with Crippen molar-refractivity contribution in [3.63, 3.8) is 0 Å². The van der Waals surface area contributed by atoms with Crippen LogP contribution in [-0.4, -0.2) is 38.2 Å². The summed E-state index contributed by atoms with van der Waals surface area (Å²) in [5, 5.41) is 0.362. The van der Waals surface area contributed by atoms with Crippen molar-refractivity contribution in [1.29, 1.82) is 0 Å². The summed E-state index contributed by atoms with van der Waals surface area (Å²) in [6.45, 7) is 0.979. The molecule has 0 radical (unpaired) electrons. The molecule has 0 bridgehead atoms. The van der Waals surface area contributed by atoms with Crippen LogP contribution in [0.5, 0.6) is 11.5 Å². The van der Waals surface area contributed by atoms with Gasteiger partial charge in [0.05, 0.1) is 24.2 Å². The second kappa shape index (κ2) is 7.69. The number of benzene rings is 1. The maximum absolute atomic E-state index is 11.1. The molecule has 0 saturated heterocycles. The second-order valence-corrected chi connectivity index (χ2v) is 5.22. The van der Waals surface area contributed by atoms with Crippen molar-refractivity contribution < 1.29 is 14.3 Å². The fourth-order valence-electron chi connectivity index (χ4n) is 1.98. The molecule has 0 spiro atoms. The molecule has 0 aliphatic carbocycles. The Bertz CT molecular complexity index is 694. The van der Waals surface area contributed by atoms with Crippen LogP contribution in [0, 0.1) is 0 Å². The lowest BCUT2D eigenvalue weighted by Crippen LogP contribution is -2.25. The molecule has 1 aromatic heterocycles. The van der Waals surface area contributed by atoms with Crippen molar-refractivity contribution in [2.24, 2.45) is 5.73 Å². The number of likely N-dealkylation sites (N-methyl/N-ethyl adjacent to an activating group) is 1. The van der Waals surface area contributed by atoms with Gasteiger partial charge in [0.2, 0.25) is 5.91 Å². The first kappa shape index (κ1) is 16.9. The highest BCUT2D eigenvalue weighted by Gasteiger charge is 2.11. The Labute approximate surface area is 139 Å². The van der Waals surface area contributed by atoms with Crippen LogP contribution in [0.4, 0.5) is 5.82 Å². The van der Waals surface area contributed by atoms with Crippen molar-refractivity contribution in [3.8, 4) is 11.5 Å². The highest BCUT2D eigenvalue weighted by Crippen LogP contribution is 2.26. The van der Waals surface area contributed by atoms with E-state index in [9.17, 15) is 4.79 Å². The van der Waals surface area contributed by atoms with Gasteiger partial charge >= 0.3 is 0 Å². The monoisotopic (exact) mass is 335 g/mol. The molecule has 6 nitrogen and oxygen atoms in total. The summed E-state index contributed by atoms with van der Waals surface area (Å²) in [7, 11) is 3.43. The molecule has 0 fully saturated rings. The van der Waals surface area contributed by atoms with Gasteiger partial charge in [-0.25, -0.2) is 4.98 Å². The van der Waals surface area contributed by atoms with Crippen LogP contribution in [0.15, 0.2) is 36.5 Å². The smallest absolute Gasteiger partial charge is 0.250 e. The summed E-state index contributed by atoms with van der Waals surface area (Å²) in [5.74, 6) is 1.34. The first-order valence-corrected chi connectivity index (χ1v) is 7.33. The number of aromatic nitrogens is 1. The minimum Gasteiger partial charge on any atom is -0.493 e. The molecule has 1 aromatic carbocycles. The number of para-hydroxylation sites is 2. The number of methoxy groups -OCH3 is 1. The molecule has 122 valence electrons. The summed E-state index contributed by atoms with van der Waals surface area (Å²) in [5.41, 5.74) is 5.47. The Morgan fingerprint density at radius 3 is 2.65 bits per heavy atom. The minimum absolute atomic E-state index is 0.275. The van der Waals surface area contributed by atoms with E-state index in [2.05, 4.69) is 4.98 Å². The van der Waals surface area contributed by atoms with Gasteiger partial charge in [-0.15, -0.1) is 0 Å². The normalized spacial score (nSPS) is 10.2. The van der Waals surface area contributed by atoms with Crippen molar-refractivity contribution in [2.45, 2.75) is 0 Å². The van der Waals surface area contributed by atoms with Crippen LogP contribution < -0.4 is 20.1 Å². The summed E-state index contributed by atoms with van der Waals surface area (Å²) in [6.07, 6.45) is 1.40. The summed E-state index contributed by atoms with van der Waals surface area (Å²) >= 11 is 6.14. The maximum atomic E-state index is 11.1.